The molecule has 18 heavy (non-hydrogen) atoms. The van der Waals surface area contributed by atoms with Gasteiger partial charge in [0, 0.05) is 24.6 Å². The Morgan fingerprint density at radius 1 is 1.56 bits per heavy atom. The Morgan fingerprint density at radius 2 is 2.17 bits per heavy atom. The fourth-order valence-corrected chi connectivity index (χ4v) is 2.88. The smallest absolute Gasteiger partial charge is 0.123 e. The van der Waals surface area contributed by atoms with Gasteiger partial charge in [0.1, 0.15) is 11.9 Å². The van der Waals surface area contributed by atoms with Crippen LogP contribution in [0.25, 0.3) is 0 Å². The largest absolute Gasteiger partial charge is 0.389 e. The molecule has 0 heterocycles. The molecule has 102 valence electrons. The lowest BCUT2D eigenvalue weighted by Crippen LogP contribution is -2.61. The Kier molecular flexibility index (Phi) is 5.11. The molecule has 0 aromatic heterocycles. The molecule has 0 aromatic carbocycles. The minimum absolute atomic E-state index is 0.0301. The van der Waals surface area contributed by atoms with Crippen LogP contribution in [0.1, 0.15) is 19.8 Å². The fraction of sp³-hybridized carbons (Fsp3) is 0.643. The normalized spacial score (nSPS) is 23.3. The van der Waals surface area contributed by atoms with Crippen LogP contribution in [0.5, 0.6) is 0 Å². The molecule has 0 radical (unpaired) electrons. The van der Waals surface area contributed by atoms with E-state index in [0.717, 1.165) is 30.4 Å². The van der Waals surface area contributed by atoms with Gasteiger partial charge in [0.15, 0.2) is 0 Å². The van der Waals surface area contributed by atoms with E-state index in [1.165, 1.54) is 0 Å². The standard InChI is InChI=1S/C14H25N3O/c1-10(9-18)8-11(2)12-6-7-13(15-3)14(12,16-4)17-5/h7,9-10,12,15-17H,2,6,8H2,1,3-5H3. The molecule has 3 N–H and O–H groups in total. The van der Waals surface area contributed by atoms with Gasteiger partial charge in [-0.05, 0) is 26.9 Å². The van der Waals surface area contributed by atoms with Gasteiger partial charge in [0.05, 0.1) is 0 Å². The lowest BCUT2D eigenvalue weighted by molar-refractivity contribution is -0.110. The van der Waals surface area contributed by atoms with Crippen LogP contribution in [0.15, 0.2) is 23.9 Å². The molecular weight excluding hydrogens is 226 g/mol. The van der Waals surface area contributed by atoms with Crippen molar-refractivity contribution in [3.05, 3.63) is 23.9 Å². The maximum absolute atomic E-state index is 10.8. The van der Waals surface area contributed by atoms with Gasteiger partial charge in [-0.2, -0.15) is 0 Å². The summed E-state index contributed by atoms with van der Waals surface area (Å²) in [7, 11) is 5.81. The summed E-state index contributed by atoms with van der Waals surface area (Å²) in [6.07, 6.45) is 4.85. The lowest BCUT2D eigenvalue weighted by Gasteiger charge is -2.39. The molecule has 2 unspecified atom stereocenters. The van der Waals surface area contributed by atoms with Crippen molar-refractivity contribution in [3.8, 4) is 0 Å². The van der Waals surface area contributed by atoms with Crippen molar-refractivity contribution in [2.75, 3.05) is 21.1 Å². The molecule has 4 nitrogen and oxygen atoms in total. The fourth-order valence-electron chi connectivity index (χ4n) is 2.88. The van der Waals surface area contributed by atoms with Crippen molar-refractivity contribution in [1.82, 2.24) is 16.0 Å². The molecule has 1 aliphatic rings. The first kappa shape index (κ1) is 14.9. The Labute approximate surface area is 110 Å². The van der Waals surface area contributed by atoms with E-state index in [0.29, 0.717) is 0 Å². The van der Waals surface area contributed by atoms with Crippen LogP contribution < -0.4 is 16.0 Å². The first-order valence-electron chi connectivity index (χ1n) is 6.44. The summed E-state index contributed by atoms with van der Waals surface area (Å²) in [6, 6.07) is 0. The molecule has 0 saturated carbocycles. The highest BCUT2D eigenvalue weighted by atomic mass is 16.1. The maximum atomic E-state index is 10.8. The summed E-state index contributed by atoms with van der Waals surface area (Å²) in [5, 5.41) is 9.95. The maximum Gasteiger partial charge on any atom is 0.123 e. The van der Waals surface area contributed by atoms with Gasteiger partial charge in [-0.1, -0.05) is 25.2 Å². The third kappa shape index (κ3) is 2.49. The number of hydrogen-bond donors (Lipinski definition) is 3. The van der Waals surface area contributed by atoms with Crippen LogP contribution in [0.3, 0.4) is 0 Å². The monoisotopic (exact) mass is 251 g/mol. The molecule has 0 bridgehead atoms. The zero-order chi connectivity index (χ0) is 13.8. The van der Waals surface area contributed by atoms with Gasteiger partial charge < -0.3 is 10.1 Å². The highest BCUT2D eigenvalue weighted by Crippen LogP contribution is 2.38. The number of rotatable bonds is 7. The van der Waals surface area contributed by atoms with E-state index in [1.807, 2.05) is 28.1 Å². The summed E-state index contributed by atoms with van der Waals surface area (Å²) in [6.45, 7) is 6.12. The van der Waals surface area contributed by atoms with Gasteiger partial charge in [-0.3, -0.25) is 10.6 Å². The molecule has 0 amide bonds. The highest BCUT2D eigenvalue weighted by Gasteiger charge is 2.44. The van der Waals surface area contributed by atoms with Crippen molar-refractivity contribution < 1.29 is 4.79 Å². The summed E-state index contributed by atoms with van der Waals surface area (Å²) < 4.78 is 0. The SMILES string of the molecule is C=C(CC(C)C=O)C1CC=C(NC)C1(NC)NC. The quantitative estimate of drug-likeness (QED) is 0.359. The first-order chi connectivity index (χ1) is 8.55. The average molecular weight is 251 g/mol. The number of likely N-dealkylation sites (N-methyl/N-ethyl adjacent to an activating group) is 3. The van der Waals surface area contributed by atoms with E-state index in [2.05, 4.69) is 28.6 Å². The summed E-state index contributed by atoms with van der Waals surface area (Å²) >= 11 is 0. The van der Waals surface area contributed by atoms with Crippen LogP contribution in [-0.2, 0) is 4.79 Å². The van der Waals surface area contributed by atoms with Crippen molar-refractivity contribution in [1.29, 1.82) is 0 Å². The van der Waals surface area contributed by atoms with Crippen LogP contribution in [0.2, 0.25) is 0 Å². The zero-order valence-corrected chi connectivity index (χ0v) is 11.8. The molecule has 0 saturated heterocycles. The van der Waals surface area contributed by atoms with Crippen molar-refractivity contribution in [2.24, 2.45) is 11.8 Å². The molecule has 0 fully saturated rings. The third-order valence-electron chi connectivity index (χ3n) is 3.87. The predicted octanol–water partition coefficient (Wildman–Crippen LogP) is 1.03. The van der Waals surface area contributed by atoms with Crippen molar-refractivity contribution >= 4 is 6.29 Å². The zero-order valence-electron chi connectivity index (χ0n) is 11.8. The molecule has 1 aliphatic carbocycles. The van der Waals surface area contributed by atoms with Gasteiger partial charge >= 0.3 is 0 Å². The molecule has 4 heteroatoms. The highest BCUT2D eigenvalue weighted by molar-refractivity contribution is 5.53. The second kappa shape index (κ2) is 6.16. The van der Waals surface area contributed by atoms with Gasteiger partial charge in [0.25, 0.3) is 0 Å². The van der Waals surface area contributed by atoms with Gasteiger partial charge in [-0.15, -0.1) is 0 Å². The minimum atomic E-state index is -0.297. The number of aldehydes is 1. The van der Waals surface area contributed by atoms with E-state index in [9.17, 15) is 4.79 Å². The second-order valence-corrected chi connectivity index (χ2v) is 4.94. The van der Waals surface area contributed by atoms with E-state index < -0.39 is 0 Å². The van der Waals surface area contributed by atoms with Crippen molar-refractivity contribution in [3.63, 3.8) is 0 Å². The molecular formula is C14H25N3O. The van der Waals surface area contributed by atoms with Crippen LogP contribution in [0, 0.1) is 11.8 Å². The Bertz CT molecular complexity index is 345. The number of hydrogen-bond acceptors (Lipinski definition) is 4. The number of allylic oxidation sites excluding steroid dienone is 1. The van der Waals surface area contributed by atoms with Gasteiger partial charge in [0.2, 0.25) is 0 Å². The average Bonchev–Trinajstić information content (AvgIpc) is 2.77. The lowest BCUT2D eigenvalue weighted by atomic mass is 9.83. The van der Waals surface area contributed by atoms with Crippen LogP contribution in [-0.4, -0.2) is 33.1 Å². The summed E-state index contributed by atoms with van der Waals surface area (Å²) in [5.74, 6) is 0.292. The molecule has 0 aliphatic heterocycles. The van der Waals surface area contributed by atoms with Crippen molar-refractivity contribution in [2.45, 2.75) is 25.4 Å². The van der Waals surface area contributed by atoms with E-state index >= 15 is 0 Å². The molecule has 2 atom stereocenters. The number of nitrogens with one attached hydrogen (secondary N) is 3. The summed E-state index contributed by atoms with van der Waals surface area (Å²) in [4.78, 5) is 10.8. The van der Waals surface area contributed by atoms with Crippen LogP contribution in [0.4, 0.5) is 0 Å². The predicted molar refractivity (Wildman–Crippen MR) is 75.1 cm³/mol. The Hall–Kier alpha value is -1.13. The number of carbonyl (C=O) groups excluding carboxylic acids is 1. The van der Waals surface area contributed by atoms with Crippen LogP contribution >= 0.6 is 0 Å². The Morgan fingerprint density at radius 3 is 2.61 bits per heavy atom. The van der Waals surface area contributed by atoms with E-state index in [-0.39, 0.29) is 17.5 Å². The first-order valence-corrected chi connectivity index (χ1v) is 6.44. The second-order valence-electron chi connectivity index (χ2n) is 4.94. The minimum Gasteiger partial charge on any atom is -0.389 e. The van der Waals surface area contributed by atoms with E-state index in [1.54, 1.807) is 0 Å². The third-order valence-corrected chi connectivity index (χ3v) is 3.87. The topological polar surface area (TPSA) is 53.2 Å². The molecule has 0 spiro atoms. The summed E-state index contributed by atoms with van der Waals surface area (Å²) in [5.41, 5.74) is 1.95. The van der Waals surface area contributed by atoms with Gasteiger partial charge in [-0.25, -0.2) is 0 Å². The Balaban J connectivity index is 2.90. The van der Waals surface area contributed by atoms with E-state index in [4.69, 9.17) is 0 Å². The molecule has 0 aromatic rings. The molecule has 1 rings (SSSR count). The number of carbonyl (C=O) groups is 1.